The second-order valence-corrected chi connectivity index (χ2v) is 4.02. The normalized spacial score (nSPS) is 12.2. The molecule has 1 unspecified atom stereocenters. The molecule has 5 heteroatoms. The van der Waals surface area contributed by atoms with Gasteiger partial charge in [-0.3, -0.25) is 0 Å². The van der Waals surface area contributed by atoms with Gasteiger partial charge in [-0.2, -0.15) is 0 Å². The first-order valence-corrected chi connectivity index (χ1v) is 5.84. The van der Waals surface area contributed by atoms with Crippen LogP contribution in [0.1, 0.15) is 43.2 Å². The van der Waals surface area contributed by atoms with Crippen molar-refractivity contribution in [2.24, 2.45) is 0 Å². The number of aromatic nitrogens is 2. The van der Waals surface area contributed by atoms with Crippen molar-refractivity contribution in [1.29, 1.82) is 0 Å². The molecule has 17 heavy (non-hydrogen) atoms. The van der Waals surface area contributed by atoms with E-state index in [1.807, 2.05) is 6.92 Å². The molecule has 0 saturated carbocycles. The minimum Gasteiger partial charge on any atom is -0.478 e. The molecule has 0 aliphatic heterocycles. The lowest BCUT2D eigenvalue weighted by molar-refractivity contribution is 0.0695. The van der Waals surface area contributed by atoms with Gasteiger partial charge in [0.15, 0.2) is 0 Å². The average molecular weight is 237 g/mol. The molecule has 0 aliphatic rings. The Hall–Kier alpha value is -1.65. The van der Waals surface area contributed by atoms with E-state index in [-0.39, 0.29) is 5.56 Å². The quantitative estimate of drug-likeness (QED) is 0.849. The maximum atomic E-state index is 10.9. The summed E-state index contributed by atoms with van der Waals surface area (Å²) in [5.74, 6) is -0.384. The summed E-state index contributed by atoms with van der Waals surface area (Å²) in [6.07, 6.45) is 2.38. The van der Waals surface area contributed by atoms with Gasteiger partial charge < -0.3 is 10.0 Å². The van der Waals surface area contributed by atoms with Crippen LogP contribution in [-0.4, -0.2) is 33.6 Å². The van der Waals surface area contributed by atoms with Gasteiger partial charge >= 0.3 is 5.97 Å². The van der Waals surface area contributed by atoms with Crippen molar-refractivity contribution >= 4 is 11.9 Å². The van der Waals surface area contributed by atoms with Gasteiger partial charge in [0.25, 0.3) is 0 Å². The molecule has 5 nitrogen and oxygen atoms in total. The van der Waals surface area contributed by atoms with E-state index in [1.54, 1.807) is 6.92 Å². The predicted octanol–water partition coefficient (Wildman–Crippen LogP) is 2.11. The number of rotatable bonds is 5. The number of carbonyl (C=O) groups is 1. The fraction of sp³-hybridized carbons (Fsp3) is 0.583. The third kappa shape index (κ3) is 2.93. The van der Waals surface area contributed by atoms with Crippen molar-refractivity contribution in [2.75, 3.05) is 11.4 Å². The molecule has 1 aromatic rings. The van der Waals surface area contributed by atoms with E-state index in [9.17, 15) is 4.79 Å². The molecule has 0 saturated heterocycles. The van der Waals surface area contributed by atoms with Crippen molar-refractivity contribution in [1.82, 2.24) is 9.97 Å². The summed E-state index contributed by atoms with van der Waals surface area (Å²) in [6.45, 7) is 8.75. The Balaban J connectivity index is 3.07. The number of nitrogens with zero attached hydrogens (tertiary/aromatic N) is 3. The molecule has 1 N–H and O–H groups in total. The lowest BCUT2D eigenvalue weighted by atomic mass is 10.2. The van der Waals surface area contributed by atoms with Crippen molar-refractivity contribution in [3.8, 4) is 0 Å². The van der Waals surface area contributed by atoms with E-state index in [1.165, 1.54) is 6.20 Å². The van der Waals surface area contributed by atoms with Gasteiger partial charge in [-0.25, -0.2) is 14.8 Å². The van der Waals surface area contributed by atoms with Crippen LogP contribution < -0.4 is 4.90 Å². The van der Waals surface area contributed by atoms with Crippen LogP contribution >= 0.6 is 0 Å². The average Bonchev–Trinajstić information content (AvgIpc) is 2.29. The van der Waals surface area contributed by atoms with Crippen molar-refractivity contribution in [3.05, 3.63) is 17.5 Å². The first-order valence-electron chi connectivity index (χ1n) is 5.84. The molecule has 0 bridgehead atoms. The van der Waals surface area contributed by atoms with Crippen molar-refractivity contribution in [2.45, 2.75) is 40.2 Å². The highest BCUT2D eigenvalue weighted by atomic mass is 16.4. The highest BCUT2D eigenvalue weighted by molar-refractivity contribution is 5.88. The number of carboxylic acid groups (broad SMARTS) is 1. The molecular formula is C12H19N3O2. The highest BCUT2D eigenvalue weighted by Crippen LogP contribution is 2.15. The molecule has 1 rings (SSSR count). The van der Waals surface area contributed by atoms with Crippen LogP contribution in [0.5, 0.6) is 0 Å². The number of carboxylic acids is 1. The number of hydrogen-bond acceptors (Lipinski definition) is 4. The summed E-state index contributed by atoms with van der Waals surface area (Å²) in [5.41, 5.74) is 0.665. The number of aromatic carboxylic acids is 1. The van der Waals surface area contributed by atoms with E-state index in [0.29, 0.717) is 17.7 Å². The van der Waals surface area contributed by atoms with Gasteiger partial charge in [0.2, 0.25) is 5.95 Å². The molecule has 0 radical (unpaired) electrons. The van der Waals surface area contributed by atoms with E-state index in [4.69, 9.17) is 5.11 Å². The standard InChI is InChI=1S/C12H19N3O2/c1-5-8(3)15(6-2)12-13-7-10(11(16)17)9(4)14-12/h7-8H,5-6H2,1-4H3,(H,16,17). The Morgan fingerprint density at radius 3 is 2.59 bits per heavy atom. The topological polar surface area (TPSA) is 66.3 Å². The monoisotopic (exact) mass is 237 g/mol. The lowest BCUT2D eigenvalue weighted by Gasteiger charge is -2.27. The minimum absolute atomic E-state index is 0.161. The Morgan fingerprint density at radius 1 is 1.53 bits per heavy atom. The first-order chi connectivity index (χ1) is 8.01. The Kier molecular flexibility index (Phi) is 4.43. The molecule has 0 spiro atoms. The van der Waals surface area contributed by atoms with Gasteiger partial charge in [0.1, 0.15) is 0 Å². The smallest absolute Gasteiger partial charge is 0.339 e. The molecule has 1 heterocycles. The van der Waals surface area contributed by atoms with E-state index >= 15 is 0 Å². The van der Waals surface area contributed by atoms with Gasteiger partial charge in [0.05, 0.1) is 11.3 Å². The molecule has 94 valence electrons. The number of anilines is 1. The van der Waals surface area contributed by atoms with Gasteiger partial charge in [-0.1, -0.05) is 6.92 Å². The van der Waals surface area contributed by atoms with E-state index in [2.05, 4.69) is 28.7 Å². The Labute approximate surface area is 102 Å². The number of aryl methyl sites for hydroxylation is 1. The molecule has 1 aromatic heterocycles. The third-order valence-corrected chi connectivity index (χ3v) is 2.92. The highest BCUT2D eigenvalue weighted by Gasteiger charge is 2.16. The summed E-state index contributed by atoms with van der Waals surface area (Å²) in [7, 11) is 0. The fourth-order valence-corrected chi connectivity index (χ4v) is 1.67. The zero-order chi connectivity index (χ0) is 13.0. The SMILES string of the molecule is CCC(C)N(CC)c1ncc(C(=O)O)c(C)n1. The molecular weight excluding hydrogens is 218 g/mol. The predicted molar refractivity (Wildman–Crippen MR) is 66.5 cm³/mol. The minimum atomic E-state index is -0.986. The lowest BCUT2D eigenvalue weighted by Crippen LogP contribution is -2.34. The van der Waals surface area contributed by atoms with Gasteiger partial charge in [0, 0.05) is 18.8 Å². The largest absolute Gasteiger partial charge is 0.478 e. The first kappa shape index (κ1) is 13.4. The zero-order valence-electron chi connectivity index (χ0n) is 10.8. The molecule has 1 atom stereocenters. The molecule has 0 aliphatic carbocycles. The maximum absolute atomic E-state index is 10.9. The van der Waals surface area contributed by atoms with Crippen LogP contribution in [0.2, 0.25) is 0 Å². The summed E-state index contributed by atoms with van der Waals surface area (Å²) < 4.78 is 0. The summed E-state index contributed by atoms with van der Waals surface area (Å²) >= 11 is 0. The Bertz CT molecular complexity index is 407. The Morgan fingerprint density at radius 2 is 2.18 bits per heavy atom. The van der Waals surface area contributed by atoms with Crippen LogP contribution in [0.15, 0.2) is 6.20 Å². The van der Waals surface area contributed by atoms with Crippen LogP contribution in [0.25, 0.3) is 0 Å². The van der Waals surface area contributed by atoms with Crippen LogP contribution in [0.4, 0.5) is 5.95 Å². The maximum Gasteiger partial charge on any atom is 0.339 e. The second-order valence-electron chi connectivity index (χ2n) is 4.02. The van der Waals surface area contributed by atoms with Crippen LogP contribution in [0, 0.1) is 6.92 Å². The summed E-state index contributed by atoms with van der Waals surface area (Å²) in [4.78, 5) is 21.3. The van der Waals surface area contributed by atoms with Crippen LogP contribution in [-0.2, 0) is 0 Å². The van der Waals surface area contributed by atoms with Crippen molar-refractivity contribution < 1.29 is 9.90 Å². The summed E-state index contributed by atoms with van der Waals surface area (Å²) in [6, 6.07) is 0.343. The van der Waals surface area contributed by atoms with E-state index in [0.717, 1.165) is 13.0 Å². The van der Waals surface area contributed by atoms with Gasteiger partial charge in [-0.05, 0) is 27.2 Å². The number of hydrogen-bond donors (Lipinski definition) is 1. The second kappa shape index (κ2) is 5.61. The molecule has 0 fully saturated rings. The third-order valence-electron chi connectivity index (χ3n) is 2.92. The molecule has 0 aromatic carbocycles. The zero-order valence-corrected chi connectivity index (χ0v) is 10.8. The van der Waals surface area contributed by atoms with Gasteiger partial charge in [-0.15, -0.1) is 0 Å². The van der Waals surface area contributed by atoms with Crippen LogP contribution in [0.3, 0.4) is 0 Å². The fourth-order valence-electron chi connectivity index (χ4n) is 1.67. The summed E-state index contributed by atoms with van der Waals surface area (Å²) in [5, 5.41) is 8.91. The van der Waals surface area contributed by atoms with E-state index < -0.39 is 5.97 Å². The molecule has 0 amide bonds. The van der Waals surface area contributed by atoms with Crippen molar-refractivity contribution in [3.63, 3.8) is 0 Å².